The van der Waals surface area contributed by atoms with Gasteiger partial charge in [0.25, 0.3) is 0 Å². The number of rotatable bonds is 7. The first-order valence-electron chi connectivity index (χ1n) is 7.45. The van der Waals surface area contributed by atoms with E-state index in [1.54, 1.807) is 6.07 Å². The van der Waals surface area contributed by atoms with Crippen molar-refractivity contribution in [1.82, 2.24) is 5.32 Å². The van der Waals surface area contributed by atoms with E-state index in [1.165, 1.54) is 5.56 Å². The Labute approximate surface area is 126 Å². The zero-order valence-electron chi connectivity index (χ0n) is 12.8. The molecular formula is C18H23FN2. The van der Waals surface area contributed by atoms with E-state index in [4.69, 9.17) is 0 Å². The summed E-state index contributed by atoms with van der Waals surface area (Å²) in [7, 11) is 1.92. The van der Waals surface area contributed by atoms with Gasteiger partial charge in [0.2, 0.25) is 0 Å². The van der Waals surface area contributed by atoms with Crippen LogP contribution in [0.2, 0.25) is 0 Å². The molecule has 0 aliphatic carbocycles. The van der Waals surface area contributed by atoms with Crippen LogP contribution in [0.5, 0.6) is 0 Å². The van der Waals surface area contributed by atoms with Crippen LogP contribution in [0, 0.1) is 5.82 Å². The molecule has 0 radical (unpaired) electrons. The van der Waals surface area contributed by atoms with E-state index in [9.17, 15) is 4.39 Å². The van der Waals surface area contributed by atoms with E-state index in [1.807, 2.05) is 42.3 Å². The van der Waals surface area contributed by atoms with Gasteiger partial charge >= 0.3 is 0 Å². The summed E-state index contributed by atoms with van der Waals surface area (Å²) >= 11 is 0. The van der Waals surface area contributed by atoms with Crippen molar-refractivity contribution >= 4 is 5.69 Å². The van der Waals surface area contributed by atoms with Gasteiger partial charge in [0.15, 0.2) is 0 Å². The van der Waals surface area contributed by atoms with Gasteiger partial charge in [-0.1, -0.05) is 43.3 Å². The third kappa shape index (κ3) is 4.57. The fourth-order valence-electron chi connectivity index (χ4n) is 2.32. The van der Waals surface area contributed by atoms with Crippen molar-refractivity contribution < 1.29 is 4.39 Å². The first-order chi connectivity index (χ1) is 10.2. The van der Waals surface area contributed by atoms with Crippen molar-refractivity contribution in [2.24, 2.45) is 0 Å². The number of hydrogen-bond donors (Lipinski definition) is 1. The topological polar surface area (TPSA) is 15.3 Å². The monoisotopic (exact) mass is 286 g/mol. The number of nitrogens with one attached hydrogen (secondary N) is 1. The summed E-state index contributed by atoms with van der Waals surface area (Å²) < 4.78 is 14.2. The lowest BCUT2D eigenvalue weighted by molar-refractivity contribution is 0.614. The van der Waals surface area contributed by atoms with Gasteiger partial charge in [-0.05, 0) is 36.2 Å². The van der Waals surface area contributed by atoms with Gasteiger partial charge in [-0.2, -0.15) is 0 Å². The van der Waals surface area contributed by atoms with Crippen molar-refractivity contribution in [3.8, 4) is 0 Å². The first-order valence-corrected chi connectivity index (χ1v) is 7.45. The van der Waals surface area contributed by atoms with E-state index < -0.39 is 0 Å². The Kier molecular flexibility index (Phi) is 5.76. The molecule has 0 aromatic heterocycles. The zero-order valence-corrected chi connectivity index (χ0v) is 12.8. The third-order valence-electron chi connectivity index (χ3n) is 3.44. The lowest BCUT2D eigenvalue weighted by atomic mass is 10.1. The van der Waals surface area contributed by atoms with E-state index in [2.05, 4.69) is 24.4 Å². The molecule has 2 rings (SSSR count). The van der Waals surface area contributed by atoms with Gasteiger partial charge in [-0.25, -0.2) is 4.39 Å². The molecule has 0 unspecified atom stereocenters. The number of benzene rings is 2. The summed E-state index contributed by atoms with van der Waals surface area (Å²) in [4.78, 5) is 1.94. The minimum Gasteiger partial charge on any atom is -0.368 e. The second kappa shape index (κ2) is 7.79. The predicted molar refractivity (Wildman–Crippen MR) is 86.9 cm³/mol. The molecule has 0 amide bonds. The van der Waals surface area contributed by atoms with Gasteiger partial charge in [0.1, 0.15) is 5.82 Å². The van der Waals surface area contributed by atoms with Crippen molar-refractivity contribution in [2.45, 2.75) is 26.4 Å². The number of anilines is 1. The highest BCUT2D eigenvalue weighted by Crippen LogP contribution is 2.21. The van der Waals surface area contributed by atoms with Crippen LogP contribution in [-0.2, 0) is 13.1 Å². The van der Waals surface area contributed by atoms with Crippen LogP contribution < -0.4 is 10.2 Å². The van der Waals surface area contributed by atoms with E-state index in [0.717, 1.165) is 18.5 Å². The van der Waals surface area contributed by atoms with Crippen molar-refractivity contribution in [2.75, 3.05) is 18.5 Å². The number of hydrogen-bond acceptors (Lipinski definition) is 2. The standard InChI is InChI=1S/C18H23FN2/c1-3-11-20-13-16-9-10-18(17(19)12-16)21(2)14-15-7-5-4-6-8-15/h4-10,12,20H,3,11,13-14H2,1-2H3. The van der Waals surface area contributed by atoms with Crippen LogP contribution in [0.15, 0.2) is 48.5 Å². The minimum atomic E-state index is -0.163. The Morgan fingerprint density at radius 1 is 1.05 bits per heavy atom. The third-order valence-corrected chi connectivity index (χ3v) is 3.44. The summed E-state index contributed by atoms with van der Waals surface area (Å²) in [5, 5.41) is 3.29. The summed E-state index contributed by atoms with van der Waals surface area (Å²) in [5.74, 6) is -0.163. The molecule has 3 heteroatoms. The molecule has 2 aromatic rings. The Morgan fingerprint density at radius 2 is 1.81 bits per heavy atom. The van der Waals surface area contributed by atoms with Gasteiger partial charge in [0, 0.05) is 20.1 Å². The van der Waals surface area contributed by atoms with Gasteiger partial charge in [-0.3, -0.25) is 0 Å². The second-order valence-corrected chi connectivity index (χ2v) is 5.30. The van der Waals surface area contributed by atoms with Crippen LogP contribution in [-0.4, -0.2) is 13.6 Å². The van der Waals surface area contributed by atoms with Crippen molar-refractivity contribution in [1.29, 1.82) is 0 Å². The Morgan fingerprint density at radius 3 is 2.48 bits per heavy atom. The molecule has 1 N–H and O–H groups in total. The SMILES string of the molecule is CCCNCc1ccc(N(C)Cc2ccccc2)c(F)c1. The smallest absolute Gasteiger partial charge is 0.146 e. The molecule has 0 atom stereocenters. The van der Waals surface area contributed by atoms with Gasteiger partial charge < -0.3 is 10.2 Å². The lowest BCUT2D eigenvalue weighted by Crippen LogP contribution is -2.18. The van der Waals surface area contributed by atoms with E-state index >= 15 is 0 Å². The molecule has 2 aromatic carbocycles. The highest BCUT2D eigenvalue weighted by atomic mass is 19.1. The highest BCUT2D eigenvalue weighted by molar-refractivity contribution is 5.49. The van der Waals surface area contributed by atoms with Crippen LogP contribution in [0.3, 0.4) is 0 Å². The molecule has 0 heterocycles. The molecule has 2 nitrogen and oxygen atoms in total. The summed E-state index contributed by atoms with van der Waals surface area (Å²) in [6, 6.07) is 15.6. The number of nitrogens with zero attached hydrogens (tertiary/aromatic N) is 1. The van der Waals surface area contributed by atoms with Crippen LogP contribution in [0.1, 0.15) is 24.5 Å². The molecule has 0 aliphatic rings. The maximum absolute atomic E-state index is 14.2. The quantitative estimate of drug-likeness (QED) is 0.775. The first kappa shape index (κ1) is 15.5. The van der Waals surface area contributed by atoms with E-state index in [-0.39, 0.29) is 5.82 Å². The van der Waals surface area contributed by atoms with Gasteiger partial charge in [0.05, 0.1) is 5.69 Å². The highest BCUT2D eigenvalue weighted by Gasteiger charge is 2.08. The van der Waals surface area contributed by atoms with Crippen LogP contribution in [0.4, 0.5) is 10.1 Å². The molecule has 0 saturated carbocycles. The average molecular weight is 286 g/mol. The Balaban J connectivity index is 2.02. The second-order valence-electron chi connectivity index (χ2n) is 5.30. The van der Waals surface area contributed by atoms with Crippen LogP contribution >= 0.6 is 0 Å². The fourth-order valence-corrected chi connectivity index (χ4v) is 2.32. The maximum Gasteiger partial charge on any atom is 0.146 e. The molecule has 0 fully saturated rings. The maximum atomic E-state index is 14.2. The lowest BCUT2D eigenvalue weighted by Gasteiger charge is -2.20. The van der Waals surface area contributed by atoms with Crippen LogP contribution in [0.25, 0.3) is 0 Å². The van der Waals surface area contributed by atoms with Gasteiger partial charge in [-0.15, -0.1) is 0 Å². The van der Waals surface area contributed by atoms with Crippen molar-refractivity contribution in [3.63, 3.8) is 0 Å². The molecule has 112 valence electrons. The fraction of sp³-hybridized carbons (Fsp3) is 0.333. The molecular weight excluding hydrogens is 263 g/mol. The minimum absolute atomic E-state index is 0.163. The molecule has 0 aliphatic heterocycles. The Bertz CT molecular complexity index is 554. The average Bonchev–Trinajstić information content (AvgIpc) is 2.48. The molecule has 0 saturated heterocycles. The number of halogens is 1. The van der Waals surface area contributed by atoms with E-state index in [0.29, 0.717) is 18.8 Å². The predicted octanol–water partition coefficient (Wildman–Crippen LogP) is 3.96. The summed E-state index contributed by atoms with van der Waals surface area (Å²) in [6.07, 6.45) is 1.08. The normalized spacial score (nSPS) is 10.6. The molecule has 0 spiro atoms. The molecule has 21 heavy (non-hydrogen) atoms. The summed E-state index contributed by atoms with van der Waals surface area (Å²) in [6.45, 7) is 4.49. The largest absolute Gasteiger partial charge is 0.368 e. The zero-order chi connectivity index (χ0) is 15.1. The van der Waals surface area contributed by atoms with Crippen molar-refractivity contribution in [3.05, 3.63) is 65.5 Å². The molecule has 0 bridgehead atoms. The Hall–Kier alpha value is -1.87. The summed E-state index contributed by atoms with van der Waals surface area (Å²) in [5.41, 5.74) is 2.80.